The van der Waals surface area contributed by atoms with Crippen LogP contribution in [0.25, 0.3) is 0 Å². The van der Waals surface area contributed by atoms with Gasteiger partial charge in [-0.1, -0.05) is 46.5 Å². The zero-order valence-electron chi connectivity index (χ0n) is 20.9. The first-order valence-corrected chi connectivity index (χ1v) is 13.9. The average molecular weight is 507 g/mol. The number of nitrogens with zero attached hydrogens (tertiary/aromatic N) is 1. The summed E-state index contributed by atoms with van der Waals surface area (Å²) < 4.78 is 28.4. The molecule has 7 heteroatoms. The van der Waals surface area contributed by atoms with Crippen LogP contribution in [0.15, 0.2) is 64.1 Å². The SMILES string of the molecule is CC(C)=CCCC(C)=CCCC(C)=CCN([C@@H]1CCCCNC1=O)S(=O)(=O)c1ccc(Cl)cc1. The van der Waals surface area contributed by atoms with Gasteiger partial charge in [-0.3, -0.25) is 4.79 Å². The molecule has 1 aliphatic rings. The highest BCUT2D eigenvalue weighted by Gasteiger charge is 2.35. The third kappa shape index (κ3) is 9.05. The smallest absolute Gasteiger partial charge is 0.244 e. The van der Waals surface area contributed by atoms with Crippen molar-refractivity contribution < 1.29 is 13.2 Å². The number of hydrogen-bond acceptors (Lipinski definition) is 3. The van der Waals surface area contributed by atoms with Crippen LogP contribution in [0.2, 0.25) is 5.02 Å². The van der Waals surface area contributed by atoms with E-state index in [1.807, 2.05) is 13.0 Å². The van der Waals surface area contributed by atoms with Gasteiger partial charge in [0.25, 0.3) is 0 Å². The molecule has 2 rings (SSSR count). The van der Waals surface area contributed by atoms with Gasteiger partial charge in [0, 0.05) is 18.1 Å². The molecule has 1 heterocycles. The van der Waals surface area contributed by atoms with Gasteiger partial charge in [-0.05, 0) is 96.9 Å². The average Bonchev–Trinajstić information content (AvgIpc) is 2.98. The Hall–Kier alpha value is -1.89. The number of halogens is 1. The van der Waals surface area contributed by atoms with Crippen LogP contribution in [-0.2, 0) is 14.8 Å². The lowest BCUT2D eigenvalue weighted by Gasteiger charge is -2.28. The van der Waals surface area contributed by atoms with Crippen molar-refractivity contribution >= 4 is 27.5 Å². The minimum Gasteiger partial charge on any atom is -0.355 e. The summed E-state index contributed by atoms with van der Waals surface area (Å²) in [6.07, 6.45) is 12.5. The molecule has 0 saturated carbocycles. The minimum absolute atomic E-state index is 0.148. The van der Waals surface area contributed by atoms with E-state index in [1.165, 1.54) is 27.6 Å². The van der Waals surface area contributed by atoms with Crippen LogP contribution < -0.4 is 5.32 Å². The molecule has 1 aromatic rings. The van der Waals surface area contributed by atoms with E-state index >= 15 is 0 Å². The van der Waals surface area contributed by atoms with Gasteiger partial charge in [0.1, 0.15) is 6.04 Å². The van der Waals surface area contributed by atoms with Crippen molar-refractivity contribution in [2.45, 2.75) is 83.6 Å². The van der Waals surface area contributed by atoms with Gasteiger partial charge in [0.05, 0.1) is 4.90 Å². The summed E-state index contributed by atoms with van der Waals surface area (Å²) in [5.41, 5.74) is 3.82. The third-order valence-corrected chi connectivity index (χ3v) is 8.16. The van der Waals surface area contributed by atoms with Crippen molar-refractivity contribution in [3.05, 3.63) is 64.2 Å². The normalized spacial score (nSPS) is 17.9. The number of benzene rings is 1. The minimum atomic E-state index is -3.86. The molecule has 1 amide bonds. The Bertz CT molecular complexity index is 1010. The molecule has 1 saturated heterocycles. The van der Waals surface area contributed by atoms with E-state index in [9.17, 15) is 13.2 Å². The topological polar surface area (TPSA) is 66.5 Å². The zero-order chi connectivity index (χ0) is 25.1. The summed E-state index contributed by atoms with van der Waals surface area (Å²) in [4.78, 5) is 12.9. The molecule has 0 unspecified atom stereocenters. The molecule has 34 heavy (non-hydrogen) atoms. The van der Waals surface area contributed by atoms with E-state index in [1.54, 1.807) is 12.1 Å². The van der Waals surface area contributed by atoms with Crippen molar-refractivity contribution in [2.24, 2.45) is 0 Å². The lowest BCUT2D eigenvalue weighted by molar-refractivity contribution is -0.124. The molecular weight excluding hydrogens is 468 g/mol. The Labute approximate surface area is 211 Å². The number of allylic oxidation sites excluding steroid dienone is 5. The maximum atomic E-state index is 13.5. The van der Waals surface area contributed by atoms with Crippen LogP contribution in [0.1, 0.15) is 72.6 Å². The van der Waals surface area contributed by atoms with Gasteiger partial charge in [-0.15, -0.1) is 0 Å². The largest absolute Gasteiger partial charge is 0.355 e. The van der Waals surface area contributed by atoms with Gasteiger partial charge in [0.15, 0.2) is 0 Å². The highest BCUT2D eigenvalue weighted by atomic mass is 35.5. The van der Waals surface area contributed by atoms with E-state index in [4.69, 9.17) is 11.6 Å². The van der Waals surface area contributed by atoms with Crippen LogP contribution in [0.4, 0.5) is 0 Å². The summed E-state index contributed by atoms with van der Waals surface area (Å²) in [5.74, 6) is -0.226. The molecule has 0 radical (unpaired) electrons. The molecule has 1 atom stereocenters. The Kier molecular flexibility index (Phi) is 11.6. The van der Waals surface area contributed by atoms with Crippen LogP contribution in [0.5, 0.6) is 0 Å². The standard InChI is InChI=1S/C27H39ClN2O3S/c1-21(2)9-7-10-22(3)11-8-12-23(4)18-20-30(26-13-5-6-19-29-27(26)31)34(32,33)25-16-14-24(28)15-17-25/h9,11,14-18,26H,5-8,10,12-13,19-20H2,1-4H3,(H,29,31)/t26-/m1/s1. The van der Waals surface area contributed by atoms with Crippen LogP contribution in [0, 0.1) is 0 Å². The first kappa shape index (κ1) is 28.3. The number of hydrogen-bond donors (Lipinski definition) is 1. The Morgan fingerprint density at radius 2 is 1.62 bits per heavy atom. The number of rotatable bonds is 11. The first-order valence-electron chi connectivity index (χ1n) is 12.1. The predicted molar refractivity (Wildman–Crippen MR) is 141 cm³/mol. The molecular formula is C27H39ClN2O3S. The maximum absolute atomic E-state index is 13.5. The zero-order valence-corrected chi connectivity index (χ0v) is 22.5. The lowest BCUT2D eigenvalue weighted by atomic mass is 10.1. The van der Waals surface area contributed by atoms with Crippen LogP contribution >= 0.6 is 11.6 Å². The molecule has 1 N–H and O–H groups in total. The fourth-order valence-corrected chi connectivity index (χ4v) is 5.60. The Balaban J connectivity index is 2.15. The quantitative estimate of drug-likeness (QED) is 0.352. The van der Waals surface area contributed by atoms with Crippen molar-refractivity contribution in [3.8, 4) is 0 Å². The number of amides is 1. The van der Waals surface area contributed by atoms with E-state index in [0.29, 0.717) is 18.0 Å². The molecule has 0 spiro atoms. The van der Waals surface area contributed by atoms with Crippen LogP contribution in [-0.4, -0.2) is 37.8 Å². The molecule has 1 aromatic carbocycles. The molecule has 0 bridgehead atoms. The van der Waals surface area contributed by atoms with Crippen molar-refractivity contribution in [1.29, 1.82) is 0 Å². The van der Waals surface area contributed by atoms with E-state index < -0.39 is 16.1 Å². The molecule has 1 fully saturated rings. The van der Waals surface area contributed by atoms with Crippen molar-refractivity contribution in [3.63, 3.8) is 0 Å². The molecule has 1 aliphatic heterocycles. The van der Waals surface area contributed by atoms with Crippen molar-refractivity contribution in [2.75, 3.05) is 13.1 Å². The monoisotopic (exact) mass is 506 g/mol. The predicted octanol–water partition coefficient (Wildman–Crippen LogP) is 6.42. The summed E-state index contributed by atoms with van der Waals surface area (Å²) >= 11 is 5.96. The highest BCUT2D eigenvalue weighted by molar-refractivity contribution is 7.89. The summed E-state index contributed by atoms with van der Waals surface area (Å²) in [6.45, 7) is 9.15. The lowest BCUT2D eigenvalue weighted by Crippen LogP contribution is -2.48. The first-order chi connectivity index (χ1) is 16.1. The van der Waals surface area contributed by atoms with Crippen molar-refractivity contribution in [1.82, 2.24) is 9.62 Å². The second-order valence-corrected chi connectivity index (χ2v) is 11.6. The van der Waals surface area contributed by atoms with Gasteiger partial charge >= 0.3 is 0 Å². The molecule has 188 valence electrons. The highest BCUT2D eigenvalue weighted by Crippen LogP contribution is 2.24. The second kappa shape index (κ2) is 13.9. The Morgan fingerprint density at radius 1 is 1.00 bits per heavy atom. The number of nitrogens with one attached hydrogen (secondary N) is 1. The van der Waals surface area contributed by atoms with E-state index in [2.05, 4.69) is 38.2 Å². The van der Waals surface area contributed by atoms with Crippen LogP contribution in [0.3, 0.4) is 0 Å². The summed E-state index contributed by atoms with van der Waals surface area (Å²) in [6, 6.07) is 5.40. The third-order valence-electron chi connectivity index (χ3n) is 6.02. The van der Waals surface area contributed by atoms with Gasteiger partial charge in [0.2, 0.25) is 15.9 Å². The number of sulfonamides is 1. The van der Waals surface area contributed by atoms with Gasteiger partial charge in [-0.2, -0.15) is 4.31 Å². The fraction of sp³-hybridized carbons (Fsp3) is 0.519. The molecule has 0 aliphatic carbocycles. The second-order valence-electron chi connectivity index (χ2n) is 9.29. The molecule has 0 aromatic heterocycles. The van der Waals surface area contributed by atoms with Gasteiger partial charge < -0.3 is 5.32 Å². The summed E-state index contributed by atoms with van der Waals surface area (Å²) in [7, 11) is -3.86. The fourth-order valence-electron chi connectivity index (χ4n) is 3.92. The van der Waals surface area contributed by atoms with E-state index in [0.717, 1.165) is 44.1 Å². The number of carbonyl (C=O) groups is 1. The van der Waals surface area contributed by atoms with Gasteiger partial charge in [-0.25, -0.2) is 8.42 Å². The summed E-state index contributed by atoms with van der Waals surface area (Å²) in [5, 5.41) is 3.34. The molecule has 5 nitrogen and oxygen atoms in total. The van der Waals surface area contributed by atoms with E-state index in [-0.39, 0.29) is 17.3 Å². The Morgan fingerprint density at radius 3 is 2.26 bits per heavy atom. The maximum Gasteiger partial charge on any atom is 0.244 e. The number of carbonyl (C=O) groups excluding carboxylic acids is 1.